The number of rotatable bonds is 4. The standard InChI is InChI=1S/C21H28N2O4/c1-21(2)26-19(14-6-4-13(12-24)5-7-14)20(27-21)15-10-11-22-16-8-9-17(25-3)23-18(15)16/h8-11,13-14,19-20,24H,4-7,12H2,1-3H3/t13-,14-,19-,20-/m1/s1. The highest BCUT2D eigenvalue weighted by atomic mass is 16.8. The molecule has 2 aromatic rings. The summed E-state index contributed by atoms with van der Waals surface area (Å²) in [6.07, 6.45) is 5.76. The zero-order chi connectivity index (χ0) is 19.0. The normalized spacial score (nSPS) is 30.5. The molecule has 2 atom stereocenters. The summed E-state index contributed by atoms with van der Waals surface area (Å²) in [6.45, 7) is 4.22. The number of pyridine rings is 2. The van der Waals surface area contributed by atoms with Crippen LogP contribution in [0.15, 0.2) is 24.4 Å². The molecule has 2 fully saturated rings. The summed E-state index contributed by atoms with van der Waals surface area (Å²) in [5.74, 6) is 0.753. The van der Waals surface area contributed by atoms with Crippen molar-refractivity contribution < 1.29 is 19.3 Å². The van der Waals surface area contributed by atoms with E-state index in [2.05, 4.69) is 9.97 Å². The molecule has 0 aromatic carbocycles. The highest BCUT2D eigenvalue weighted by Gasteiger charge is 2.47. The van der Waals surface area contributed by atoms with Gasteiger partial charge in [0.05, 0.1) is 24.2 Å². The highest BCUT2D eigenvalue weighted by Crippen LogP contribution is 2.46. The minimum Gasteiger partial charge on any atom is -0.481 e. The molecule has 27 heavy (non-hydrogen) atoms. The number of hydrogen-bond donors (Lipinski definition) is 1. The third-order valence-corrected chi connectivity index (χ3v) is 5.85. The molecule has 0 spiro atoms. The maximum Gasteiger partial charge on any atom is 0.213 e. The van der Waals surface area contributed by atoms with Gasteiger partial charge < -0.3 is 19.3 Å². The van der Waals surface area contributed by atoms with E-state index >= 15 is 0 Å². The van der Waals surface area contributed by atoms with E-state index in [-0.39, 0.29) is 18.8 Å². The zero-order valence-electron chi connectivity index (χ0n) is 16.2. The van der Waals surface area contributed by atoms with Crippen molar-refractivity contribution in [1.29, 1.82) is 0 Å². The van der Waals surface area contributed by atoms with Gasteiger partial charge in [0.25, 0.3) is 0 Å². The smallest absolute Gasteiger partial charge is 0.213 e. The fraction of sp³-hybridized carbons (Fsp3) is 0.619. The van der Waals surface area contributed by atoms with Gasteiger partial charge in [-0.25, -0.2) is 4.98 Å². The van der Waals surface area contributed by atoms with Crippen LogP contribution in [0, 0.1) is 11.8 Å². The number of hydrogen-bond acceptors (Lipinski definition) is 6. The first-order valence-corrected chi connectivity index (χ1v) is 9.77. The van der Waals surface area contributed by atoms with Crippen molar-refractivity contribution in [2.75, 3.05) is 13.7 Å². The Balaban J connectivity index is 1.69. The lowest BCUT2D eigenvalue weighted by atomic mass is 9.77. The Labute approximate surface area is 159 Å². The fourth-order valence-corrected chi connectivity index (χ4v) is 4.44. The minimum absolute atomic E-state index is 0.0294. The molecule has 1 saturated carbocycles. The van der Waals surface area contributed by atoms with Crippen LogP contribution >= 0.6 is 0 Å². The molecule has 146 valence electrons. The van der Waals surface area contributed by atoms with Crippen LogP contribution in [0.4, 0.5) is 0 Å². The number of aromatic nitrogens is 2. The molecule has 0 radical (unpaired) electrons. The van der Waals surface area contributed by atoms with Gasteiger partial charge in [0.2, 0.25) is 5.88 Å². The van der Waals surface area contributed by atoms with Crippen LogP contribution in [-0.4, -0.2) is 40.7 Å². The Morgan fingerprint density at radius 3 is 2.63 bits per heavy atom. The second-order valence-corrected chi connectivity index (χ2v) is 8.11. The summed E-state index contributed by atoms with van der Waals surface area (Å²) in [4.78, 5) is 9.08. The van der Waals surface area contributed by atoms with Gasteiger partial charge in [0.15, 0.2) is 5.79 Å². The van der Waals surface area contributed by atoms with Crippen LogP contribution in [-0.2, 0) is 9.47 Å². The SMILES string of the molecule is COc1ccc2nccc([C@H]3OC(C)(C)O[C@@H]3[C@H]3CC[C@H](CO)CC3)c2n1. The Kier molecular flexibility index (Phi) is 5.05. The second-order valence-electron chi connectivity index (χ2n) is 8.11. The molecule has 6 heteroatoms. The average Bonchev–Trinajstić information content (AvgIpc) is 3.02. The molecule has 0 bridgehead atoms. The number of ether oxygens (including phenoxy) is 3. The van der Waals surface area contributed by atoms with Gasteiger partial charge in [-0.2, -0.15) is 0 Å². The van der Waals surface area contributed by atoms with Crippen LogP contribution in [0.5, 0.6) is 5.88 Å². The molecule has 2 aromatic heterocycles. The summed E-state index contributed by atoms with van der Waals surface area (Å²) in [5.41, 5.74) is 2.63. The summed E-state index contributed by atoms with van der Waals surface area (Å²) in [5, 5.41) is 9.44. The summed E-state index contributed by atoms with van der Waals surface area (Å²) < 4.78 is 18.0. The van der Waals surface area contributed by atoms with Crippen molar-refractivity contribution in [3.63, 3.8) is 0 Å². The number of aliphatic hydroxyl groups is 1. The minimum atomic E-state index is -0.641. The van der Waals surface area contributed by atoms with Crippen LogP contribution in [0.25, 0.3) is 11.0 Å². The molecule has 6 nitrogen and oxygen atoms in total. The van der Waals surface area contributed by atoms with Crippen molar-refractivity contribution in [3.05, 3.63) is 30.0 Å². The van der Waals surface area contributed by atoms with E-state index in [1.165, 1.54) is 0 Å². The van der Waals surface area contributed by atoms with Crippen LogP contribution < -0.4 is 4.74 Å². The van der Waals surface area contributed by atoms with E-state index in [1.54, 1.807) is 13.3 Å². The predicted octanol–water partition coefficient (Wildman–Crippen LogP) is 3.63. The van der Waals surface area contributed by atoms with Gasteiger partial charge >= 0.3 is 0 Å². The van der Waals surface area contributed by atoms with Crippen molar-refractivity contribution >= 4 is 11.0 Å². The van der Waals surface area contributed by atoms with Gasteiger partial charge in [-0.15, -0.1) is 0 Å². The molecule has 1 aliphatic carbocycles. The van der Waals surface area contributed by atoms with Gasteiger partial charge in [0.1, 0.15) is 6.10 Å². The quantitative estimate of drug-likeness (QED) is 0.883. The van der Waals surface area contributed by atoms with Crippen LogP contribution in [0.2, 0.25) is 0 Å². The lowest BCUT2D eigenvalue weighted by Gasteiger charge is -2.33. The van der Waals surface area contributed by atoms with Gasteiger partial charge in [-0.05, 0) is 63.5 Å². The van der Waals surface area contributed by atoms with E-state index in [1.807, 2.05) is 32.0 Å². The summed E-state index contributed by atoms with van der Waals surface area (Å²) in [6, 6.07) is 5.73. The maximum absolute atomic E-state index is 9.44. The van der Waals surface area contributed by atoms with Crippen LogP contribution in [0.3, 0.4) is 0 Å². The van der Waals surface area contributed by atoms with Crippen molar-refractivity contribution in [2.24, 2.45) is 11.8 Å². The van der Waals surface area contributed by atoms with E-state index in [0.717, 1.165) is 42.3 Å². The van der Waals surface area contributed by atoms with E-state index < -0.39 is 5.79 Å². The number of nitrogens with zero attached hydrogens (tertiary/aromatic N) is 2. The molecule has 3 heterocycles. The molecule has 0 unspecified atom stereocenters. The summed E-state index contributed by atoms with van der Waals surface area (Å²) >= 11 is 0. The lowest BCUT2D eigenvalue weighted by Crippen LogP contribution is -2.31. The van der Waals surface area contributed by atoms with Crippen molar-refractivity contribution in [1.82, 2.24) is 9.97 Å². The Bertz CT molecular complexity index is 802. The maximum atomic E-state index is 9.44. The highest BCUT2D eigenvalue weighted by molar-refractivity contribution is 5.78. The van der Waals surface area contributed by atoms with Crippen LogP contribution in [0.1, 0.15) is 51.2 Å². The first-order chi connectivity index (χ1) is 13.0. The van der Waals surface area contributed by atoms with Gasteiger partial charge in [-0.3, -0.25) is 4.98 Å². The Morgan fingerprint density at radius 2 is 1.93 bits per heavy atom. The second kappa shape index (κ2) is 7.34. The van der Waals surface area contributed by atoms with E-state index in [0.29, 0.717) is 17.7 Å². The zero-order valence-corrected chi connectivity index (χ0v) is 16.2. The molecule has 4 rings (SSSR count). The largest absolute Gasteiger partial charge is 0.481 e. The monoisotopic (exact) mass is 372 g/mol. The molecule has 1 aliphatic heterocycles. The third-order valence-electron chi connectivity index (χ3n) is 5.85. The predicted molar refractivity (Wildman–Crippen MR) is 101 cm³/mol. The molecular formula is C21H28N2O4. The first kappa shape index (κ1) is 18.6. The van der Waals surface area contributed by atoms with Gasteiger partial charge in [-0.1, -0.05) is 0 Å². The fourth-order valence-electron chi connectivity index (χ4n) is 4.44. The lowest BCUT2D eigenvalue weighted by molar-refractivity contribution is -0.152. The molecule has 1 saturated heterocycles. The number of methoxy groups -OCH3 is 1. The molecule has 1 N–H and O–H groups in total. The number of fused-ring (bicyclic) bond motifs is 1. The third kappa shape index (κ3) is 3.66. The molecule has 2 aliphatic rings. The number of aliphatic hydroxyl groups excluding tert-OH is 1. The molecular weight excluding hydrogens is 344 g/mol. The summed E-state index contributed by atoms with van der Waals surface area (Å²) in [7, 11) is 1.62. The van der Waals surface area contributed by atoms with E-state index in [9.17, 15) is 5.11 Å². The average molecular weight is 372 g/mol. The topological polar surface area (TPSA) is 73.7 Å². The molecule has 0 amide bonds. The first-order valence-electron chi connectivity index (χ1n) is 9.77. The van der Waals surface area contributed by atoms with Crippen molar-refractivity contribution in [2.45, 2.75) is 57.5 Å². The van der Waals surface area contributed by atoms with E-state index in [4.69, 9.17) is 14.2 Å². The Hall–Kier alpha value is -1.76. The Morgan fingerprint density at radius 1 is 1.15 bits per heavy atom. The van der Waals surface area contributed by atoms with Crippen molar-refractivity contribution in [3.8, 4) is 5.88 Å². The van der Waals surface area contributed by atoms with Gasteiger partial charge in [0, 0.05) is 24.4 Å².